The number of rotatable bonds is 6. The second-order valence-electron chi connectivity index (χ2n) is 7.63. The van der Waals surface area contributed by atoms with Crippen molar-refractivity contribution in [2.24, 2.45) is 0 Å². The maximum atomic E-state index is 13.3. The maximum Gasteiger partial charge on any atom is 0.344 e. The Morgan fingerprint density at radius 1 is 1.17 bits per heavy atom. The van der Waals surface area contributed by atoms with E-state index in [-0.39, 0.29) is 18.4 Å². The number of nitrogens with zero attached hydrogens (tertiary/aromatic N) is 1. The summed E-state index contributed by atoms with van der Waals surface area (Å²) < 4.78 is 13.3. The number of nitrogens with one attached hydrogen (secondary N) is 3. The molecule has 4 rings (SSSR count). The van der Waals surface area contributed by atoms with Crippen LogP contribution in [0.4, 0.5) is 9.18 Å². The molecule has 2 fully saturated rings. The first kappa shape index (κ1) is 20.5. The molecule has 0 unspecified atom stereocenters. The first-order valence-electron chi connectivity index (χ1n) is 9.97. The highest BCUT2D eigenvalue weighted by Crippen LogP contribution is 2.33. The van der Waals surface area contributed by atoms with Crippen LogP contribution in [0.1, 0.15) is 48.6 Å². The number of amides is 4. The van der Waals surface area contributed by atoms with Gasteiger partial charge in [-0.2, -0.15) is 5.01 Å². The highest BCUT2D eigenvalue weighted by molar-refractivity contribution is 7.10. The van der Waals surface area contributed by atoms with Crippen LogP contribution in [-0.2, 0) is 9.59 Å². The molecule has 1 aromatic heterocycles. The van der Waals surface area contributed by atoms with Gasteiger partial charge in [0, 0.05) is 4.88 Å². The van der Waals surface area contributed by atoms with Crippen LogP contribution in [0.2, 0.25) is 0 Å². The third kappa shape index (κ3) is 4.08. The second-order valence-corrected chi connectivity index (χ2v) is 8.61. The van der Waals surface area contributed by atoms with Crippen molar-refractivity contribution in [1.29, 1.82) is 0 Å². The van der Waals surface area contributed by atoms with E-state index >= 15 is 0 Å². The van der Waals surface area contributed by atoms with Gasteiger partial charge >= 0.3 is 6.03 Å². The molecule has 1 spiro atoms. The zero-order valence-electron chi connectivity index (χ0n) is 16.3. The molecule has 1 aromatic carbocycles. The fraction of sp³-hybridized carbons (Fsp3) is 0.381. The van der Waals surface area contributed by atoms with Crippen LogP contribution in [0, 0.1) is 5.82 Å². The van der Waals surface area contributed by atoms with Crippen LogP contribution in [0.15, 0.2) is 41.8 Å². The summed E-state index contributed by atoms with van der Waals surface area (Å²) in [6, 6.07) is 8.98. The Kier molecular flexibility index (Phi) is 5.83. The third-order valence-electron chi connectivity index (χ3n) is 5.60. The second kappa shape index (κ2) is 8.53. The van der Waals surface area contributed by atoms with E-state index in [4.69, 9.17) is 0 Å². The van der Waals surface area contributed by atoms with Crippen molar-refractivity contribution in [2.75, 3.05) is 6.54 Å². The van der Waals surface area contributed by atoms with E-state index in [1.165, 1.54) is 23.5 Å². The molecule has 158 valence electrons. The Morgan fingerprint density at radius 2 is 1.90 bits per heavy atom. The van der Waals surface area contributed by atoms with Crippen LogP contribution in [0.25, 0.3) is 0 Å². The van der Waals surface area contributed by atoms with E-state index < -0.39 is 23.4 Å². The third-order valence-corrected chi connectivity index (χ3v) is 6.54. The molecule has 2 aliphatic rings. The number of urea groups is 1. The minimum atomic E-state index is -0.885. The number of hydrogen-bond acceptors (Lipinski definition) is 5. The minimum Gasteiger partial charge on any atom is -0.322 e. The largest absolute Gasteiger partial charge is 0.344 e. The van der Waals surface area contributed by atoms with Gasteiger partial charge in [-0.05, 0) is 42.0 Å². The highest BCUT2D eigenvalue weighted by Gasteiger charge is 2.52. The Labute approximate surface area is 177 Å². The van der Waals surface area contributed by atoms with Crippen molar-refractivity contribution in [1.82, 2.24) is 21.1 Å². The molecule has 4 amide bonds. The molecule has 7 nitrogen and oxygen atoms in total. The quantitative estimate of drug-likeness (QED) is 0.615. The summed E-state index contributed by atoms with van der Waals surface area (Å²) in [5.74, 6) is -1.24. The average molecular weight is 431 g/mol. The van der Waals surface area contributed by atoms with Crippen molar-refractivity contribution in [2.45, 2.75) is 43.7 Å². The lowest BCUT2D eigenvalue weighted by atomic mass is 9.82. The Morgan fingerprint density at radius 3 is 2.57 bits per heavy atom. The zero-order chi connectivity index (χ0) is 21.1. The van der Waals surface area contributed by atoms with Gasteiger partial charge < -0.3 is 5.32 Å². The van der Waals surface area contributed by atoms with Gasteiger partial charge in [-0.1, -0.05) is 37.5 Å². The van der Waals surface area contributed by atoms with E-state index in [0.717, 1.165) is 34.7 Å². The average Bonchev–Trinajstić information content (AvgIpc) is 3.34. The number of benzene rings is 1. The van der Waals surface area contributed by atoms with Crippen LogP contribution in [-0.4, -0.2) is 34.9 Å². The van der Waals surface area contributed by atoms with E-state index in [9.17, 15) is 18.8 Å². The van der Waals surface area contributed by atoms with Gasteiger partial charge in [0.25, 0.3) is 11.8 Å². The van der Waals surface area contributed by atoms with E-state index in [2.05, 4.69) is 16.1 Å². The van der Waals surface area contributed by atoms with Gasteiger partial charge in [0.05, 0.1) is 12.6 Å². The highest BCUT2D eigenvalue weighted by atomic mass is 32.1. The van der Waals surface area contributed by atoms with Crippen LogP contribution >= 0.6 is 11.3 Å². The molecule has 1 aliphatic carbocycles. The molecule has 2 heterocycles. The molecule has 3 N–H and O–H groups in total. The number of thiophene rings is 1. The smallest absolute Gasteiger partial charge is 0.322 e. The molecule has 0 bridgehead atoms. The van der Waals surface area contributed by atoms with E-state index in [0.29, 0.717) is 12.8 Å². The van der Waals surface area contributed by atoms with E-state index in [1.54, 1.807) is 12.1 Å². The lowest BCUT2D eigenvalue weighted by Gasteiger charge is -2.30. The summed E-state index contributed by atoms with van der Waals surface area (Å²) in [5, 5.41) is 8.62. The first-order valence-corrected chi connectivity index (χ1v) is 10.8. The number of hydrogen-bond donors (Lipinski definition) is 3. The van der Waals surface area contributed by atoms with E-state index in [1.807, 2.05) is 17.5 Å². The van der Waals surface area contributed by atoms with Gasteiger partial charge in [-0.25, -0.2) is 9.18 Å². The monoisotopic (exact) mass is 430 g/mol. The predicted octanol–water partition coefficient (Wildman–Crippen LogP) is 2.85. The van der Waals surface area contributed by atoms with Crippen LogP contribution in [0.5, 0.6) is 0 Å². The molecule has 9 heteroatoms. The van der Waals surface area contributed by atoms with Crippen molar-refractivity contribution >= 4 is 29.2 Å². The van der Waals surface area contributed by atoms with Crippen molar-refractivity contribution in [3.8, 4) is 0 Å². The summed E-state index contributed by atoms with van der Waals surface area (Å²) in [4.78, 5) is 38.6. The van der Waals surface area contributed by atoms with Gasteiger partial charge in [0.2, 0.25) is 0 Å². The molecule has 1 aliphatic heterocycles. The van der Waals surface area contributed by atoms with Crippen LogP contribution < -0.4 is 16.1 Å². The molecular weight excluding hydrogens is 407 g/mol. The maximum absolute atomic E-state index is 13.3. The zero-order valence-corrected chi connectivity index (χ0v) is 17.1. The topological polar surface area (TPSA) is 90.5 Å². The Hall–Kier alpha value is -2.78. The molecular formula is C21H23FN4O3S. The van der Waals surface area contributed by atoms with Gasteiger partial charge in [-0.15, -0.1) is 11.3 Å². The molecule has 0 radical (unpaired) electrons. The number of imide groups is 1. The number of carbonyl (C=O) groups is 3. The van der Waals surface area contributed by atoms with Gasteiger partial charge in [0.1, 0.15) is 11.4 Å². The standard InChI is InChI=1S/C21H23FN4O3S/c22-15-8-6-14(7-9-15)18(16-5-4-12-30-16)23-13-17(27)25-26-19(28)21(24-20(26)29)10-2-1-3-11-21/h4-9,12,18,23H,1-3,10-11,13H2,(H,24,29)(H,25,27)/t18-/m0/s1. The Bertz CT molecular complexity index is 926. The Balaban J connectivity index is 1.41. The first-order chi connectivity index (χ1) is 14.5. The number of hydrazine groups is 1. The molecule has 2 aromatic rings. The van der Waals surface area contributed by atoms with Gasteiger partial charge in [-0.3, -0.25) is 20.3 Å². The summed E-state index contributed by atoms with van der Waals surface area (Å²) in [6.45, 7) is -0.121. The molecule has 1 atom stereocenters. The fourth-order valence-corrected chi connectivity index (χ4v) is 4.90. The van der Waals surface area contributed by atoms with Gasteiger partial charge in [0.15, 0.2) is 0 Å². The summed E-state index contributed by atoms with van der Waals surface area (Å²) >= 11 is 1.51. The lowest BCUT2D eigenvalue weighted by Crippen LogP contribution is -2.52. The van der Waals surface area contributed by atoms with Crippen molar-refractivity contribution < 1.29 is 18.8 Å². The number of carbonyl (C=O) groups excluding carboxylic acids is 3. The lowest BCUT2D eigenvalue weighted by molar-refractivity contribution is -0.139. The molecule has 1 saturated carbocycles. The predicted molar refractivity (Wildman–Crippen MR) is 110 cm³/mol. The fourth-order valence-electron chi connectivity index (χ4n) is 4.07. The normalized spacial score (nSPS) is 19.0. The summed E-state index contributed by atoms with van der Waals surface area (Å²) in [5.41, 5.74) is 2.35. The van der Waals surface area contributed by atoms with Crippen LogP contribution in [0.3, 0.4) is 0 Å². The molecule has 30 heavy (non-hydrogen) atoms. The van der Waals surface area contributed by atoms with Crippen molar-refractivity contribution in [3.05, 3.63) is 58.0 Å². The van der Waals surface area contributed by atoms with Crippen molar-refractivity contribution in [3.63, 3.8) is 0 Å². The minimum absolute atomic E-state index is 0.121. The summed E-state index contributed by atoms with van der Waals surface area (Å²) in [7, 11) is 0. The molecule has 1 saturated heterocycles. The summed E-state index contributed by atoms with van der Waals surface area (Å²) in [6.07, 6.45) is 3.96. The number of halogens is 1. The SMILES string of the molecule is O=C(CN[C@@H](c1ccc(F)cc1)c1cccs1)NN1C(=O)NC2(CCCCC2)C1=O.